The van der Waals surface area contributed by atoms with E-state index in [4.69, 9.17) is 4.74 Å². The Kier molecular flexibility index (Phi) is 4.21. The molecule has 2 aliphatic rings. The van der Waals surface area contributed by atoms with E-state index < -0.39 is 0 Å². The normalized spacial score (nSPS) is 23.1. The molecule has 2 aliphatic heterocycles. The second kappa shape index (κ2) is 6.10. The van der Waals surface area contributed by atoms with Gasteiger partial charge in [0.1, 0.15) is 5.82 Å². The molecule has 2 fully saturated rings. The molecule has 2 saturated heterocycles. The predicted octanol–water partition coefficient (Wildman–Crippen LogP) is 1.53. The zero-order valence-electron chi connectivity index (χ0n) is 11.3. The third kappa shape index (κ3) is 2.96. The number of halogens is 1. The number of carbonyl (C=O) groups excluding carboxylic acids is 1. The van der Waals surface area contributed by atoms with E-state index in [0.29, 0.717) is 6.61 Å². The van der Waals surface area contributed by atoms with E-state index in [1.54, 1.807) is 0 Å². The summed E-state index contributed by atoms with van der Waals surface area (Å²) in [5.74, 6) is 1.31. The minimum absolute atomic E-state index is 0.0763. The predicted molar refractivity (Wildman–Crippen MR) is 79.7 cm³/mol. The lowest BCUT2D eigenvalue weighted by atomic mass is 10.1. The highest BCUT2D eigenvalue weighted by molar-refractivity contribution is 9.10. The Morgan fingerprint density at radius 3 is 2.70 bits per heavy atom. The number of rotatable bonds is 2. The molecule has 0 aromatic carbocycles. The lowest BCUT2D eigenvalue weighted by Gasteiger charge is -2.36. The zero-order chi connectivity index (χ0) is 13.9. The first-order chi connectivity index (χ1) is 9.74. The van der Waals surface area contributed by atoms with Gasteiger partial charge in [0.05, 0.1) is 12.5 Å². The Balaban J connectivity index is 1.56. The van der Waals surface area contributed by atoms with Crippen molar-refractivity contribution in [2.75, 3.05) is 44.3 Å². The van der Waals surface area contributed by atoms with Crippen molar-refractivity contribution < 1.29 is 9.53 Å². The summed E-state index contributed by atoms with van der Waals surface area (Å²) in [6, 6.07) is 4.00. The highest BCUT2D eigenvalue weighted by atomic mass is 79.9. The summed E-state index contributed by atoms with van der Waals surface area (Å²) in [5, 5.41) is 0. The van der Waals surface area contributed by atoms with Crippen LogP contribution in [0.3, 0.4) is 0 Å². The summed E-state index contributed by atoms with van der Waals surface area (Å²) >= 11 is 3.39. The van der Waals surface area contributed by atoms with Crippen molar-refractivity contribution >= 4 is 27.7 Å². The molecule has 0 spiro atoms. The highest BCUT2D eigenvalue weighted by Gasteiger charge is 2.30. The van der Waals surface area contributed by atoms with Gasteiger partial charge in [-0.2, -0.15) is 0 Å². The quantitative estimate of drug-likeness (QED) is 0.819. The largest absolute Gasteiger partial charge is 0.381 e. The van der Waals surface area contributed by atoms with Gasteiger partial charge in [0, 0.05) is 43.5 Å². The summed E-state index contributed by atoms with van der Waals surface area (Å²) < 4.78 is 6.28. The lowest BCUT2D eigenvalue weighted by molar-refractivity contribution is -0.135. The zero-order valence-corrected chi connectivity index (χ0v) is 12.9. The van der Waals surface area contributed by atoms with E-state index in [9.17, 15) is 4.79 Å². The summed E-state index contributed by atoms with van der Waals surface area (Å²) in [6.07, 6.45) is 2.68. The van der Waals surface area contributed by atoms with Crippen molar-refractivity contribution in [1.29, 1.82) is 0 Å². The first kappa shape index (κ1) is 13.8. The summed E-state index contributed by atoms with van der Waals surface area (Å²) in [4.78, 5) is 20.9. The van der Waals surface area contributed by atoms with E-state index in [1.165, 1.54) is 0 Å². The number of hydrogen-bond acceptors (Lipinski definition) is 4. The highest BCUT2D eigenvalue weighted by Crippen LogP contribution is 2.19. The second-order valence-corrected chi connectivity index (χ2v) is 6.12. The maximum atomic E-state index is 12.3. The minimum atomic E-state index is 0.0763. The van der Waals surface area contributed by atoms with Crippen LogP contribution >= 0.6 is 15.9 Å². The van der Waals surface area contributed by atoms with Crippen LogP contribution in [0.2, 0.25) is 0 Å². The van der Waals surface area contributed by atoms with Crippen molar-refractivity contribution in [3.8, 4) is 0 Å². The van der Waals surface area contributed by atoms with Crippen molar-refractivity contribution in [2.45, 2.75) is 6.42 Å². The monoisotopic (exact) mass is 339 g/mol. The average molecular weight is 340 g/mol. The number of amides is 1. The van der Waals surface area contributed by atoms with Gasteiger partial charge >= 0.3 is 0 Å². The number of piperazine rings is 1. The van der Waals surface area contributed by atoms with Gasteiger partial charge in [-0.3, -0.25) is 4.79 Å². The number of pyridine rings is 1. The molecule has 0 unspecified atom stereocenters. The van der Waals surface area contributed by atoms with Crippen LogP contribution in [0.1, 0.15) is 6.42 Å². The van der Waals surface area contributed by atoms with Gasteiger partial charge in [-0.1, -0.05) is 0 Å². The standard InChI is InChI=1S/C14H18BrN3O2/c15-12-1-2-13(16-9-12)17-4-6-18(7-5-17)14(19)11-3-8-20-10-11/h1-2,9,11H,3-8,10H2/t11-/m0/s1. The van der Waals surface area contributed by atoms with E-state index in [0.717, 1.165) is 49.5 Å². The third-order valence-electron chi connectivity index (χ3n) is 3.91. The number of carbonyl (C=O) groups is 1. The fourth-order valence-corrected chi connectivity index (χ4v) is 2.93. The summed E-state index contributed by atoms with van der Waals surface area (Å²) in [5.41, 5.74) is 0. The van der Waals surface area contributed by atoms with Gasteiger partial charge < -0.3 is 14.5 Å². The van der Waals surface area contributed by atoms with Gasteiger partial charge in [-0.25, -0.2) is 4.98 Å². The van der Waals surface area contributed by atoms with Crippen LogP contribution in [0, 0.1) is 5.92 Å². The Morgan fingerprint density at radius 2 is 2.10 bits per heavy atom. The maximum absolute atomic E-state index is 12.3. The first-order valence-corrected chi connectivity index (χ1v) is 7.76. The van der Waals surface area contributed by atoms with Crippen molar-refractivity contribution in [2.24, 2.45) is 5.92 Å². The molecule has 0 bridgehead atoms. The maximum Gasteiger partial charge on any atom is 0.228 e. The van der Waals surface area contributed by atoms with Crippen molar-refractivity contribution in [1.82, 2.24) is 9.88 Å². The van der Waals surface area contributed by atoms with Gasteiger partial charge in [-0.15, -0.1) is 0 Å². The molecule has 3 rings (SSSR count). The van der Waals surface area contributed by atoms with Crippen LogP contribution < -0.4 is 4.90 Å². The molecule has 20 heavy (non-hydrogen) atoms. The number of nitrogens with zero attached hydrogens (tertiary/aromatic N) is 3. The SMILES string of the molecule is O=C([C@H]1CCOC1)N1CCN(c2ccc(Br)cn2)CC1. The molecule has 1 amide bonds. The Bertz CT molecular complexity index is 466. The van der Waals surface area contributed by atoms with Crippen LogP contribution in [0.5, 0.6) is 0 Å². The number of hydrogen-bond donors (Lipinski definition) is 0. The molecule has 0 radical (unpaired) electrons. The molecule has 5 nitrogen and oxygen atoms in total. The Morgan fingerprint density at radius 1 is 1.30 bits per heavy atom. The summed E-state index contributed by atoms with van der Waals surface area (Å²) in [6.45, 7) is 4.54. The number of aromatic nitrogens is 1. The van der Waals surface area contributed by atoms with Crippen LogP contribution in [-0.4, -0.2) is 55.2 Å². The third-order valence-corrected chi connectivity index (χ3v) is 4.38. The molecule has 108 valence electrons. The molecular weight excluding hydrogens is 322 g/mol. The molecule has 3 heterocycles. The molecule has 1 aromatic heterocycles. The smallest absolute Gasteiger partial charge is 0.228 e. The van der Waals surface area contributed by atoms with Crippen LogP contribution in [-0.2, 0) is 9.53 Å². The van der Waals surface area contributed by atoms with Gasteiger partial charge in [0.15, 0.2) is 0 Å². The topological polar surface area (TPSA) is 45.7 Å². The second-order valence-electron chi connectivity index (χ2n) is 5.21. The molecule has 0 N–H and O–H groups in total. The van der Waals surface area contributed by atoms with E-state index in [2.05, 4.69) is 25.8 Å². The van der Waals surface area contributed by atoms with Crippen molar-refractivity contribution in [3.05, 3.63) is 22.8 Å². The number of anilines is 1. The van der Waals surface area contributed by atoms with Crippen LogP contribution in [0.4, 0.5) is 5.82 Å². The van der Waals surface area contributed by atoms with E-state index in [1.807, 2.05) is 23.2 Å². The number of ether oxygens (including phenoxy) is 1. The minimum Gasteiger partial charge on any atom is -0.381 e. The van der Waals surface area contributed by atoms with E-state index >= 15 is 0 Å². The van der Waals surface area contributed by atoms with Crippen LogP contribution in [0.15, 0.2) is 22.8 Å². The fourth-order valence-electron chi connectivity index (χ4n) is 2.70. The molecule has 0 saturated carbocycles. The summed E-state index contributed by atoms with van der Waals surface area (Å²) in [7, 11) is 0. The lowest BCUT2D eigenvalue weighted by Crippen LogP contribution is -2.50. The van der Waals surface area contributed by atoms with Crippen molar-refractivity contribution in [3.63, 3.8) is 0 Å². The average Bonchev–Trinajstić information content (AvgIpc) is 3.02. The van der Waals surface area contributed by atoms with Gasteiger partial charge in [-0.05, 0) is 34.5 Å². The Hall–Kier alpha value is -1.14. The van der Waals surface area contributed by atoms with Gasteiger partial charge in [0.25, 0.3) is 0 Å². The molecule has 1 atom stereocenters. The molecule has 6 heteroatoms. The van der Waals surface area contributed by atoms with Gasteiger partial charge in [0.2, 0.25) is 5.91 Å². The molecular formula is C14H18BrN3O2. The fraction of sp³-hybridized carbons (Fsp3) is 0.571. The molecule has 1 aromatic rings. The Labute approximate surface area is 127 Å². The molecule has 0 aliphatic carbocycles. The first-order valence-electron chi connectivity index (χ1n) is 6.97. The van der Waals surface area contributed by atoms with Crippen LogP contribution in [0.25, 0.3) is 0 Å². The van der Waals surface area contributed by atoms with E-state index in [-0.39, 0.29) is 11.8 Å².